The van der Waals surface area contributed by atoms with Crippen LogP contribution < -0.4 is 4.74 Å². The number of nitrogens with zero attached hydrogens (tertiary/aromatic N) is 2. The Bertz CT molecular complexity index is 1180. The molecule has 0 aliphatic carbocycles. The Kier molecular flexibility index (Phi) is 5.70. The zero-order chi connectivity index (χ0) is 21.4. The highest BCUT2D eigenvalue weighted by molar-refractivity contribution is 9.10. The predicted octanol–water partition coefficient (Wildman–Crippen LogP) is 7.71. The largest absolute Gasteiger partial charge is 0.496 e. The van der Waals surface area contributed by atoms with Crippen LogP contribution in [0.1, 0.15) is 50.7 Å². The van der Waals surface area contributed by atoms with E-state index in [4.69, 9.17) is 9.72 Å². The monoisotopic (exact) mass is 462 g/mol. The van der Waals surface area contributed by atoms with Crippen molar-refractivity contribution in [1.82, 2.24) is 9.55 Å². The summed E-state index contributed by atoms with van der Waals surface area (Å²) in [6.07, 6.45) is 0. The van der Waals surface area contributed by atoms with Gasteiger partial charge in [0.25, 0.3) is 0 Å². The molecule has 3 aromatic carbocycles. The number of methoxy groups -OCH3 is 1. The van der Waals surface area contributed by atoms with Gasteiger partial charge in [0.05, 0.1) is 23.9 Å². The summed E-state index contributed by atoms with van der Waals surface area (Å²) >= 11 is 3.71. The summed E-state index contributed by atoms with van der Waals surface area (Å²) in [5.74, 6) is 2.48. The van der Waals surface area contributed by atoms with Crippen molar-refractivity contribution in [3.63, 3.8) is 0 Å². The summed E-state index contributed by atoms with van der Waals surface area (Å²) in [4.78, 5) is 5.10. The van der Waals surface area contributed by atoms with Crippen LogP contribution in [-0.2, 0) is 0 Å². The molecular weight excluding hydrogens is 436 g/mol. The van der Waals surface area contributed by atoms with Gasteiger partial charge in [0.1, 0.15) is 17.1 Å². The minimum atomic E-state index is 0.383. The molecule has 30 heavy (non-hydrogen) atoms. The molecule has 0 amide bonds. The van der Waals surface area contributed by atoms with E-state index in [1.165, 1.54) is 16.8 Å². The SMILES string of the molecule is COc1ccccc1-c1nc2c(Br)cccc2n1-c1c(C(C)C)cccc1C(C)C. The van der Waals surface area contributed by atoms with Crippen LogP contribution in [0, 0.1) is 0 Å². The minimum absolute atomic E-state index is 0.383. The van der Waals surface area contributed by atoms with Crippen LogP contribution in [0.25, 0.3) is 28.1 Å². The summed E-state index contributed by atoms with van der Waals surface area (Å²) < 4.78 is 9.02. The summed E-state index contributed by atoms with van der Waals surface area (Å²) in [5.41, 5.74) is 6.88. The molecule has 4 aromatic rings. The molecule has 4 heteroatoms. The average Bonchev–Trinajstić information content (AvgIpc) is 3.13. The minimum Gasteiger partial charge on any atom is -0.496 e. The molecule has 0 spiro atoms. The molecule has 4 rings (SSSR count). The molecule has 0 N–H and O–H groups in total. The van der Waals surface area contributed by atoms with Crippen molar-refractivity contribution in [2.45, 2.75) is 39.5 Å². The van der Waals surface area contributed by atoms with Crippen LogP contribution in [0.15, 0.2) is 65.1 Å². The van der Waals surface area contributed by atoms with Gasteiger partial charge >= 0.3 is 0 Å². The highest BCUT2D eigenvalue weighted by atomic mass is 79.9. The van der Waals surface area contributed by atoms with E-state index in [9.17, 15) is 0 Å². The van der Waals surface area contributed by atoms with Gasteiger partial charge in [-0.05, 0) is 63.2 Å². The molecule has 0 atom stereocenters. The molecule has 0 saturated carbocycles. The Morgan fingerprint density at radius 3 is 2.10 bits per heavy atom. The first-order chi connectivity index (χ1) is 14.4. The van der Waals surface area contributed by atoms with Crippen molar-refractivity contribution >= 4 is 27.0 Å². The smallest absolute Gasteiger partial charge is 0.149 e. The number of hydrogen-bond donors (Lipinski definition) is 0. The summed E-state index contributed by atoms with van der Waals surface area (Å²) in [6.45, 7) is 9.00. The maximum atomic E-state index is 5.71. The fraction of sp³-hybridized carbons (Fsp3) is 0.269. The van der Waals surface area contributed by atoms with E-state index in [0.717, 1.165) is 32.6 Å². The van der Waals surface area contributed by atoms with E-state index in [0.29, 0.717) is 11.8 Å². The first-order valence-electron chi connectivity index (χ1n) is 10.4. The van der Waals surface area contributed by atoms with Crippen molar-refractivity contribution < 1.29 is 4.74 Å². The van der Waals surface area contributed by atoms with Gasteiger partial charge in [-0.15, -0.1) is 0 Å². The lowest BCUT2D eigenvalue weighted by atomic mass is 9.92. The lowest BCUT2D eigenvalue weighted by molar-refractivity contribution is 0.416. The zero-order valence-electron chi connectivity index (χ0n) is 18.1. The van der Waals surface area contributed by atoms with Crippen LogP contribution >= 0.6 is 15.9 Å². The van der Waals surface area contributed by atoms with Gasteiger partial charge in [-0.3, -0.25) is 4.57 Å². The van der Waals surface area contributed by atoms with E-state index in [2.05, 4.69) is 84.6 Å². The molecular formula is C26H27BrN2O. The normalized spacial score (nSPS) is 11.6. The highest BCUT2D eigenvalue weighted by Crippen LogP contribution is 2.40. The van der Waals surface area contributed by atoms with Crippen LogP contribution in [0.2, 0.25) is 0 Å². The molecule has 0 radical (unpaired) electrons. The van der Waals surface area contributed by atoms with E-state index < -0.39 is 0 Å². The maximum Gasteiger partial charge on any atom is 0.149 e. The second kappa shape index (κ2) is 8.27. The van der Waals surface area contributed by atoms with E-state index in [-0.39, 0.29) is 0 Å². The number of benzene rings is 3. The van der Waals surface area contributed by atoms with Gasteiger partial charge in [0.15, 0.2) is 0 Å². The molecule has 1 heterocycles. The van der Waals surface area contributed by atoms with Gasteiger partial charge < -0.3 is 4.74 Å². The number of halogens is 1. The van der Waals surface area contributed by atoms with Gasteiger partial charge in [-0.2, -0.15) is 0 Å². The van der Waals surface area contributed by atoms with Crippen molar-refractivity contribution in [3.05, 3.63) is 76.3 Å². The van der Waals surface area contributed by atoms with Crippen molar-refractivity contribution in [3.8, 4) is 22.8 Å². The molecule has 0 bridgehead atoms. The highest BCUT2D eigenvalue weighted by Gasteiger charge is 2.23. The van der Waals surface area contributed by atoms with Gasteiger partial charge in [-0.1, -0.05) is 64.1 Å². The molecule has 0 aliphatic rings. The second-order valence-corrected chi connectivity index (χ2v) is 9.03. The Labute approximate surface area is 186 Å². The predicted molar refractivity (Wildman–Crippen MR) is 129 cm³/mol. The Morgan fingerprint density at radius 1 is 0.833 bits per heavy atom. The number of imidazole rings is 1. The number of hydrogen-bond acceptors (Lipinski definition) is 2. The van der Waals surface area contributed by atoms with Gasteiger partial charge in [0.2, 0.25) is 0 Å². The maximum absolute atomic E-state index is 5.71. The van der Waals surface area contributed by atoms with Crippen LogP contribution in [0.5, 0.6) is 5.75 Å². The van der Waals surface area contributed by atoms with Crippen LogP contribution in [0.4, 0.5) is 0 Å². The molecule has 0 saturated heterocycles. The van der Waals surface area contributed by atoms with Crippen molar-refractivity contribution in [2.75, 3.05) is 7.11 Å². The average molecular weight is 463 g/mol. The molecule has 0 unspecified atom stereocenters. The third-order valence-corrected chi connectivity index (χ3v) is 6.19. The quantitative estimate of drug-likeness (QED) is 0.303. The third-order valence-electron chi connectivity index (χ3n) is 5.55. The number of fused-ring (bicyclic) bond motifs is 1. The van der Waals surface area contributed by atoms with E-state index in [1.54, 1.807) is 7.11 Å². The van der Waals surface area contributed by atoms with Crippen LogP contribution in [-0.4, -0.2) is 16.7 Å². The Hall–Kier alpha value is -2.59. The van der Waals surface area contributed by atoms with E-state index >= 15 is 0 Å². The Balaban J connectivity index is 2.19. The van der Waals surface area contributed by atoms with Gasteiger partial charge in [-0.25, -0.2) is 4.98 Å². The first-order valence-corrected chi connectivity index (χ1v) is 11.2. The van der Waals surface area contributed by atoms with Crippen molar-refractivity contribution in [1.29, 1.82) is 0 Å². The van der Waals surface area contributed by atoms with Crippen LogP contribution in [0.3, 0.4) is 0 Å². The first kappa shape index (κ1) is 20.7. The summed E-state index contributed by atoms with van der Waals surface area (Å²) in [5, 5.41) is 0. The molecule has 0 aliphatic heterocycles. The molecule has 3 nitrogen and oxygen atoms in total. The zero-order valence-corrected chi connectivity index (χ0v) is 19.7. The molecule has 1 aromatic heterocycles. The summed E-state index contributed by atoms with van der Waals surface area (Å²) in [6, 6.07) is 21.0. The molecule has 154 valence electrons. The number of ether oxygens (including phenoxy) is 1. The number of aromatic nitrogens is 2. The fourth-order valence-corrected chi connectivity index (χ4v) is 4.52. The van der Waals surface area contributed by atoms with E-state index in [1.807, 2.05) is 24.3 Å². The lowest BCUT2D eigenvalue weighted by Gasteiger charge is -2.23. The molecule has 0 fully saturated rings. The number of para-hydroxylation sites is 3. The number of rotatable bonds is 5. The Morgan fingerprint density at radius 2 is 1.47 bits per heavy atom. The standard InChI is InChI=1S/C26H27BrN2O/c1-16(2)18-11-8-12-19(17(3)4)25(18)29-22-14-9-13-21(27)24(22)28-26(29)20-10-6-7-15-23(20)30-5/h6-17H,1-5H3. The third kappa shape index (κ3) is 3.43. The van der Waals surface area contributed by atoms with Gasteiger partial charge in [0, 0.05) is 4.47 Å². The second-order valence-electron chi connectivity index (χ2n) is 8.17. The topological polar surface area (TPSA) is 27.1 Å². The summed E-state index contributed by atoms with van der Waals surface area (Å²) in [7, 11) is 1.71. The van der Waals surface area contributed by atoms with Crippen molar-refractivity contribution in [2.24, 2.45) is 0 Å². The lowest BCUT2D eigenvalue weighted by Crippen LogP contribution is -2.08. The fourth-order valence-electron chi connectivity index (χ4n) is 4.07.